The van der Waals surface area contributed by atoms with Crippen molar-refractivity contribution >= 4 is 40.0 Å². The monoisotopic (exact) mass is 654 g/mol. The minimum Gasteiger partial charge on any atom is -0.396 e. The molecule has 0 radical (unpaired) electrons. The van der Waals surface area contributed by atoms with Crippen molar-refractivity contribution in [3.05, 3.63) is 66.5 Å². The summed E-state index contributed by atoms with van der Waals surface area (Å²) in [5, 5.41) is 18.6. The number of carbonyl (C=O) groups excluding carboxylic acids is 1. The topological polar surface area (TPSA) is 152 Å². The van der Waals surface area contributed by atoms with Gasteiger partial charge in [0.2, 0.25) is 0 Å². The summed E-state index contributed by atoms with van der Waals surface area (Å²) in [7, 11) is 0. The number of rotatable bonds is 10. The van der Waals surface area contributed by atoms with Gasteiger partial charge in [0, 0.05) is 37.2 Å². The molecule has 250 valence electrons. The number of aryl methyl sites for hydroxylation is 1. The molecule has 0 aromatic carbocycles. The summed E-state index contributed by atoms with van der Waals surface area (Å²) in [5.74, 6) is 0.174. The van der Waals surface area contributed by atoms with Crippen molar-refractivity contribution in [1.82, 2.24) is 38.4 Å². The normalized spacial score (nSPS) is 10.8. The molecule has 5 rings (SSSR count). The van der Waals surface area contributed by atoms with Gasteiger partial charge in [0.25, 0.3) is 0 Å². The number of aldehydes is 1. The number of aromatic nitrogens is 7. The summed E-state index contributed by atoms with van der Waals surface area (Å²) >= 11 is 1.37. The van der Waals surface area contributed by atoms with E-state index in [9.17, 15) is 14.3 Å². The Morgan fingerprint density at radius 2 is 1.89 bits per heavy atom. The number of nitrogens with zero attached hydrogens (tertiary/aromatic N) is 8. The lowest BCUT2D eigenvalue weighted by Gasteiger charge is -2.27. The van der Waals surface area contributed by atoms with E-state index in [1.807, 2.05) is 57.5 Å². The summed E-state index contributed by atoms with van der Waals surface area (Å²) in [6.45, 7) is 18.1. The number of imidazole rings is 1. The zero-order chi connectivity index (χ0) is 34.3. The number of fused-ring (bicyclic) bond motifs is 1. The SMILES string of the molecule is CC.CCC.CCN(Cc1cc(Nc2nc(C)cn3c(-c4cnn(CC=O)c4)cnc23)sn1)CC(C)(C)O.Nc1ccncc1F. The van der Waals surface area contributed by atoms with Crippen LogP contribution < -0.4 is 11.1 Å². The molecule has 46 heavy (non-hydrogen) atoms. The quantitative estimate of drug-likeness (QED) is 0.150. The molecule has 0 amide bonds. The maximum absolute atomic E-state index is 12.1. The van der Waals surface area contributed by atoms with Gasteiger partial charge in [-0.3, -0.25) is 19.0 Å². The van der Waals surface area contributed by atoms with E-state index in [4.69, 9.17) is 5.73 Å². The first-order valence-electron chi connectivity index (χ1n) is 15.3. The number of nitrogens with two attached hydrogens (primary N) is 1. The van der Waals surface area contributed by atoms with Gasteiger partial charge < -0.3 is 21.0 Å². The van der Waals surface area contributed by atoms with Gasteiger partial charge in [-0.1, -0.05) is 41.0 Å². The minimum absolute atomic E-state index is 0.139. The highest BCUT2D eigenvalue weighted by Crippen LogP contribution is 2.28. The number of hydrogen-bond acceptors (Lipinski definition) is 11. The van der Waals surface area contributed by atoms with Crippen molar-refractivity contribution < 1.29 is 14.3 Å². The van der Waals surface area contributed by atoms with E-state index in [0.717, 1.165) is 46.7 Å². The Morgan fingerprint density at radius 1 is 1.17 bits per heavy atom. The van der Waals surface area contributed by atoms with Gasteiger partial charge in [0.15, 0.2) is 17.3 Å². The molecule has 4 N–H and O–H groups in total. The molecule has 0 saturated heterocycles. The number of hydrogen-bond donors (Lipinski definition) is 3. The predicted octanol–water partition coefficient (Wildman–Crippen LogP) is 6.14. The van der Waals surface area contributed by atoms with Crippen LogP contribution >= 0.6 is 11.5 Å². The van der Waals surface area contributed by atoms with Crippen molar-refractivity contribution in [2.24, 2.45) is 0 Å². The van der Waals surface area contributed by atoms with Crippen LogP contribution in [0.15, 0.2) is 49.3 Å². The highest BCUT2D eigenvalue weighted by atomic mass is 32.1. The molecule has 0 aliphatic heterocycles. The summed E-state index contributed by atoms with van der Waals surface area (Å²) in [4.78, 5) is 25.6. The minimum atomic E-state index is -0.758. The van der Waals surface area contributed by atoms with Gasteiger partial charge in [-0.2, -0.15) is 9.47 Å². The predicted molar refractivity (Wildman–Crippen MR) is 184 cm³/mol. The Balaban J connectivity index is 0.000000478. The van der Waals surface area contributed by atoms with Gasteiger partial charge in [0.1, 0.15) is 11.3 Å². The zero-order valence-corrected chi connectivity index (χ0v) is 28.8. The van der Waals surface area contributed by atoms with Crippen molar-refractivity contribution in [3.63, 3.8) is 0 Å². The molecule has 0 atom stereocenters. The second-order valence-electron chi connectivity index (χ2n) is 10.7. The number of halogens is 1. The number of nitrogens with one attached hydrogen (secondary N) is 1. The lowest BCUT2D eigenvalue weighted by atomic mass is 10.1. The maximum Gasteiger partial charge on any atom is 0.180 e. The van der Waals surface area contributed by atoms with E-state index in [1.165, 1.54) is 30.2 Å². The van der Waals surface area contributed by atoms with E-state index in [-0.39, 0.29) is 12.2 Å². The zero-order valence-electron chi connectivity index (χ0n) is 28.0. The smallest absolute Gasteiger partial charge is 0.180 e. The number of anilines is 3. The third-order valence-corrected chi connectivity index (χ3v) is 6.59. The molecular weight excluding hydrogens is 607 g/mol. The Labute approximate surface area is 274 Å². The summed E-state index contributed by atoms with van der Waals surface area (Å²) in [6, 6.07) is 3.42. The van der Waals surface area contributed by atoms with Gasteiger partial charge in [0.05, 0.1) is 53.5 Å². The molecular formula is C32H47FN10O2S. The highest BCUT2D eigenvalue weighted by molar-refractivity contribution is 7.10. The lowest BCUT2D eigenvalue weighted by molar-refractivity contribution is -0.108. The average molecular weight is 655 g/mol. The maximum atomic E-state index is 12.1. The van der Waals surface area contributed by atoms with Crippen LogP contribution in [0.2, 0.25) is 0 Å². The van der Waals surface area contributed by atoms with E-state index >= 15 is 0 Å². The van der Waals surface area contributed by atoms with Crippen LogP contribution in [0.1, 0.15) is 66.3 Å². The largest absolute Gasteiger partial charge is 0.396 e. The van der Waals surface area contributed by atoms with Crippen LogP contribution in [0.3, 0.4) is 0 Å². The Bertz CT molecular complexity index is 1610. The fourth-order valence-corrected chi connectivity index (χ4v) is 4.74. The van der Waals surface area contributed by atoms with Gasteiger partial charge in [-0.15, -0.1) is 0 Å². The second-order valence-corrected chi connectivity index (χ2v) is 11.5. The lowest BCUT2D eigenvalue weighted by Crippen LogP contribution is -2.38. The highest BCUT2D eigenvalue weighted by Gasteiger charge is 2.19. The van der Waals surface area contributed by atoms with E-state index in [2.05, 4.69) is 55.4 Å². The van der Waals surface area contributed by atoms with E-state index in [0.29, 0.717) is 24.6 Å². The van der Waals surface area contributed by atoms with Gasteiger partial charge in [-0.05, 0) is 51.0 Å². The average Bonchev–Trinajstić information content (AvgIpc) is 3.76. The number of likely N-dealkylation sites (N-methyl/N-ethyl adjacent to an activating group) is 1. The van der Waals surface area contributed by atoms with Crippen molar-refractivity contribution in [1.29, 1.82) is 0 Å². The molecule has 0 fully saturated rings. The van der Waals surface area contributed by atoms with Gasteiger partial charge >= 0.3 is 0 Å². The van der Waals surface area contributed by atoms with Crippen LogP contribution in [0.25, 0.3) is 16.9 Å². The molecule has 0 aliphatic carbocycles. The number of nitrogen functional groups attached to an aromatic ring is 1. The first-order valence-corrected chi connectivity index (χ1v) is 16.1. The molecule has 12 nitrogen and oxygen atoms in total. The second kappa shape index (κ2) is 18.6. The molecule has 0 aliphatic rings. The van der Waals surface area contributed by atoms with Crippen LogP contribution in [-0.4, -0.2) is 68.5 Å². The van der Waals surface area contributed by atoms with E-state index < -0.39 is 11.4 Å². The Hall–Kier alpha value is -4.27. The molecule has 0 saturated carbocycles. The summed E-state index contributed by atoms with van der Waals surface area (Å²) in [6.07, 6.45) is 11.8. The first-order chi connectivity index (χ1) is 22.0. The molecule has 5 heterocycles. The molecule has 0 bridgehead atoms. The standard InChI is InChI=1S/C22H28N8O2S.C5H5FN2.C3H8.C2H6/c1-5-28(14-22(3,4)32)13-17-8-19(33-27-17)26-20-21-23-10-18(30(21)11-15(2)25-20)16-9-24-29(12-16)6-7-31;6-4-3-8-2-1-5(4)7;1-3-2;1-2/h7-12,32H,5-6,13-14H2,1-4H3,(H,25,26);1-3H,(H2,7,8);3H2,1-2H3;1-2H3. The third kappa shape index (κ3) is 11.6. The molecule has 0 spiro atoms. The molecule has 14 heteroatoms. The van der Waals surface area contributed by atoms with Crippen molar-refractivity contribution in [2.75, 3.05) is 24.1 Å². The number of carbonyl (C=O) groups is 1. The third-order valence-electron chi connectivity index (χ3n) is 5.85. The van der Waals surface area contributed by atoms with Crippen LogP contribution in [-0.2, 0) is 17.9 Å². The summed E-state index contributed by atoms with van der Waals surface area (Å²) in [5.41, 5.74) is 8.67. The van der Waals surface area contributed by atoms with Crippen LogP contribution in [0, 0.1) is 12.7 Å². The van der Waals surface area contributed by atoms with Gasteiger partial charge in [-0.25, -0.2) is 14.4 Å². The summed E-state index contributed by atoms with van der Waals surface area (Å²) < 4.78 is 20.3. The Morgan fingerprint density at radius 3 is 2.48 bits per heavy atom. The number of pyridine rings is 1. The molecule has 5 aromatic rings. The molecule has 0 unspecified atom stereocenters. The van der Waals surface area contributed by atoms with Crippen molar-refractivity contribution in [3.8, 4) is 11.3 Å². The number of aliphatic hydroxyl groups is 1. The fourth-order valence-electron chi connectivity index (χ4n) is 4.08. The van der Waals surface area contributed by atoms with E-state index in [1.54, 1.807) is 17.1 Å². The first kappa shape index (κ1) is 37.9. The van der Waals surface area contributed by atoms with Crippen LogP contribution in [0.5, 0.6) is 0 Å². The van der Waals surface area contributed by atoms with Crippen LogP contribution in [0.4, 0.5) is 20.9 Å². The Kier molecular flexibility index (Phi) is 15.4. The van der Waals surface area contributed by atoms with Crippen molar-refractivity contribution in [2.45, 2.75) is 80.5 Å². The molecule has 5 aromatic heterocycles. The fraction of sp³-hybridized carbons (Fsp3) is 0.438.